The summed E-state index contributed by atoms with van der Waals surface area (Å²) in [5, 5.41) is 10.8. The van der Waals surface area contributed by atoms with Crippen molar-refractivity contribution >= 4 is 27.5 Å². The molecule has 1 fully saturated rings. The Morgan fingerprint density at radius 1 is 1.52 bits per heavy atom. The molecule has 2 rings (SSSR count). The van der Waals surface area contributed by atoms with Gasteiger partial charge in [-0.2, -0.15) is 0 Å². The quantitative estimate of drug-likeness (QED) is 0.462. The van der Waals surface area contributed by atoms with Crippen LogP contribution >= 0.6 is 15.9 Å². The first-order valence-corrected chi connectivity index (χ1v) is 7.56. The van der Waals surface area contributed by atoms with Crippen molar-refractivity contribution in [2.45, 2.75) is 17.7 Å². The molecule has 114 valence electrons. The van der Waals surface area contributed by atoms with E-state index in [1.165, 1.54) is 25.3 Å². The number of nitro benzene ring substituents is 1. The molecular formula is C14H17BrN2O4. The van der Waals surface area contributed by atoms with E-state index in [4.69, 9.17) is 4.74 Å². The summed E-state index contributed by atoms with van der Waals surface area (Å²) in [6, 6.07) is 4.19. The summed E-state index contributed by atoms with van der Waals surface area (Å²) in [6.07, 6.45) is 2.14. The summed E-state index contributed by atoms with van der Waals surface area (Å²) >= 11 is 3.53. The number of nitrogens with zero attached hydrogens (tertiary/aromatic N) is 2. The number of hydrogen-bond acceptors (Lipinski definition) is 4. The average molecular weight is 357 g/mol. The molecule has 0 heterocycles. The van der Waals surface area contributed by atoms with Crippen molar-refractivity contribution in [2.75, 3.05) is 20.7 Å². The molecule has 0 saturated heterocycles. The summed E-state index contributed by atoms with van der Waals surface area (Å²) < 4.78 is 4.99. The molecule has 1 aliphatic carbocycles. The Hall–Kier alpha value is -1.63. The number of rotatable bonds is 5. The largest absolute Gasteiger partial charge is 0.490 e. The maximum atomic E-state index is 12.3. The van der Waals surface area contributed by atoms with Crippen molar-refractivity contribution in [2.24, 2.45) is 5.92 Å². The third-order valence-electron chi connectivity index (χ3n) is 3.68. The predicted molar refractivity (Wildman–Crippen MR) is 82.0 cm³/mol. The molecule has 0 bridgehead atoms. The van der Waals surface area contributed by atoms with E-state index < -0.39 is 4.92 Å². The topological polar surface area (TPSA) is 72.7 Å². The number of hydrogen-bond donors (Lipinski definition) is 0. The van der Waals surface area contributed by atoms with Crippen molar-refractivity contribution in [3.8, 4) is 5.75 Å². The molecule has 0 N–H and O–H groups in total. The smallest absolute Gasteiger partial charge is 0.310 e. The first-order valence-electron chi connectivity index (χ1n) is 6.64. The van der Waals surface area contributed by atoms with Gasteiger partial charge in [-0.25, -0.2) is 0 Å². The lowest BCUT2D eigenvalue weighted by molar-refractivity contribution is -0.385. The summed E-state index contributed by atoms with van der Waals surface area (Å²) in [5.74, 6) is 0.466. The fraction of sp³-hybridized carbons (Fsp3) is 0.500. The van der Waals surface area contributed by atoms with E-state index >= 15 is 0 Å². The minimum Gasteiger partial charge on any atom is -0.490 e. The molecule has 1 amide bonds. The fourth-order valence-electron chi connectivity index (χ4n) is 2.46. The average Bonchev–Trinajstić information content (AvgIpc) is 2.43. The second-order valence-electron chi connectivity index (χ2n) is 5.26. The summed E-state index contributed by atoms with van der Waals surface area (Å²) in [5.41, 5.74) is 0.257. The van der Waals surface area contributed by atoms with Crippen LogP contribution in [0.15, 0.2) is 18.2 Å². The Balaban J connectivity index is 2.09. The second kappa shape index (κ2) is 6.43. The van der Waals surface area contributed by atoms with Crippen LogP contribution in [-0.2, 0) is 0 Å². The molecule has 0 aromatic heterocycles. The standard InChI is InChI=1S/C14H17BrN2O4/c1-16(8-9-5-11(15)6-9)14(18)10-3-4-12(17(19)20)13(7-10)21-2/h3-4,7,9,11H,5-6,8H2,1-2H3. The molecule has 1 aromatic carbocycles. The summed E-state index contributed by atoms with van der Waals surface area (Å²) in [7, 11) is 3.10. The van der Waals surface area contributed by atoms with Crippen molar-refractivity contribution in [3.63, 3.8) is 0 Å². The highest BCUT2D eigenvalue weighted by Gasteiger charge is 2.29. The van der Waals surface area contributed by atoms with Gasteiger partial charge >= 0.3 is 5.69 Å². The zero-order chi connectivity index (χ0) is 15.6. The third-order valence-corrected chi connectivity index (χ3v) is 4.43. The summed E-state index contributed by atoms with van der Waals surface area (Å²) in [6.45, 7) is 0.695. The highest BCUT2D eigenvalue weighted by molar-refractivity contribution is 9.09. The highest BCUT2D eigenvalue weighted by Crippen LogP contribution is 2.34. The molecule has 0 aliphatic heterocycles. The van der Waals surface area contributed by atoms with Gasteiger partial charge in [0.25, 0.3) is 5.91 Å². The second-order valence-corrected chi connectivity index (χ2v) is 6.56. The number of carbonyl (C=O) groups is 1. The van der Waals surface area contributed by atoms with Crippen LogP contribution in [0.25, 0.3) is 0 Å². The minimum absolute atomic E-state index is 0.100. The molecular weight excluding hydrogens is 340 g/mol. The van der Waals surface area contributed by atoms with Crippen molar-refractivity contribution in [1.29, 1.82) is 0 Å². The summed E-state index contributed by atoms with van der Waals surface area (Å²) in [4.78, 5) is 24.9. The number of benzene rings is 1. The first-order chi connectivity index (χ1) is 9.92. The lowest BCUT2D eigenvalue weighted by Crippen LogP contribution is -2.37. The maximum absolute atomic E-state index is 12.3. The highest BCUT2D eigenvalue weighted by atomic mass is 79.9. The van der Waals surface area contributed by atoms with E-state index in [9.17, 15) is 14.9 Å². The van der Waals surface area contributed by atoms with Gasteiger partial charge in [-0.1, -0.05) is 15.9 Å². The number of methoxy groups -OCH3 is 1. The number of carbonyl (C=O) groups excluding carboxylic acids is 1. The zero-order valence-electron chi connectivity index (χ0n) is 11.9. The molecule has 1 aliphatic rings. The molecule has 6 nitrogen and oxygen atoms in total. The minimum atomic E-state index is -0.526. The van der Waals surface area contributed by atoms with E-state index in [2.05, 4.69) is 15.9 Å². The molecule has 0 radical (unpaired) electrons. The molecule has 7 heteroatoms. The SMILES string of the molecule is COc1cc(C(=O)N(C)CC2CC(Br)C2)ccc1[N+](=O)[O-]. The maximum Gasteiger partial charge on any atom is 0.310 e. The normalized spacial score (nSPS) is 20.5. The number of nitro groups is 1. The Morgan fingerprint density at radius 3 is 2.71 bits per heavy atom. The van der Waals surface area contributed by atoms with Crippen LogP contribution in [-0.4, -0.2) is 41.3 Å². The van der Waals surface area contributed by atoms with Gasteiger partial charge < -0.3 is 9.64 Å². The van der Waals surface area contributed by atoms with Gasteiger partial charge in [-0.3, -0.25) is 14.9 Å². The van der Waals surface area contributed by atoms with Gasteiger partial charge in [-0.05, 0) is 24.8 Å². The Labute approximate surface area is 131 Å². The van der Waals surface area contributed by atoms with Crippen LogP contribution in [0.2, 0.25) is 0 Å². The fourth-order valence-corrected chi connectivity index (χ4v) is 3.51. The van der Waals surface area contributed by atoms with Crippen LogP contribution in [0, 0.1) is 16.0 Å². The van der Waals surface area contributed by atoms with Crippen molar-refractivity contribution < 1.29 is 14.5 Å². The van der Waals surface area contributed by atoms with Crippen LogP contribution in [0.3, 0.4) is 0 Å². The molecule has 21 heavy (non-hydrogen) atoms. The number of alkyl halides is 1. The van der Waals surface area contributed by atoms with E-state index in [0.29, 0.717) is 22.9 Å². The van der Waals surface area contributed by atoms with E-state index in [-0.39, 0.29) is 17.3 Å². The van der Waals surface area contributed by atoms with Gasteiger partial charge in [0.15, 0.2) is 5.75 Å². The predicted octanol–water partition coefficient (Wildman–Crippen LogP) is 2.85. The van der Waals surface area contributed by atoms with Gasteiger partial charge in [0.05, 0.1) is 12.0 Å². The number of amides is 1. The lowest BCUT2D eigenvalue weighted by Gasteiger charge is -2.34. The molecule has 0 unspecified atom stereocenters. The van der Waals surface area contributed by atoms with Gasteiger partial charge in [0, 0.05) is 36.1 Å². The molecule has 0 atom stereocenters. The molecule has 1 aromatic rings. The zero-order valence-corrected chi connectivity index (χ0v) is 13.5. The monoisotopic (exact) mass is 356 g/mol. The van der Waals surface area contributed by atoms with E-state index in [1.54, 1.807) is 11.9 Å². The number of halogens is 1. The van der Waals surface area contributed by atoms with Crippen LogP contribution in [0.1, 0.15) is 23.2 Å². The van der Waals surface area contributed by atoms with Crippen molar-refractivity contribution in [3.05, 3.63) is 33.9 Å². The molecule has 1 saturated carbocycles. The third kappa shape index (κ3) is 3.53. The van der Waals surface area contributed by atoms with Gasteiger partial charge in [0.2, 0.25) is 0 Å². The first kappa shape index (κ1) is 15.8. The lowest BCUT2D eigenvalue weighted by atomic mass is 9.85. The number of ether oxygens (including phenoxy) is 1. The van der Waals surface area contributed by atoms with Gasteiger partial charge in [0.1, 0.15) is 0 Å². The van der Waals surface area contributed by atoms with E-state index in [0.717, 1.165) is 12.8 Å². The van der Waals surface area contributed by atoms with Crippen LogP contribution < -0.4 is 4.74 Å². The molecule has 0 spiro atoms. The Kier molecular flexibility index (Phi) is 4.82. The van der Waals surface area contributed by atoms with E-state index in [1.807, 2.05) is 0 Å². The Morgan fingerprint density at radius 2 is 2.19 bits per heavy atom. The van der Waals surface area contributed by atoms with Crippen LogP contribution in [0.4, 0.5) is 5.69 Å². The van der Waals surface area contributed by atoms with Crippen molar-refractivity contribution in [1.82, 2.24) is 4.90 Å². The Bertz CT molecular complexity index is 558. The van der Waals surface area contributed by atoms with Crippen LogP contribution in [0.5, 0.6) is 5.75 Å². The van der Waals surface area contributed by atoms with Gasteiger partial charge in [-0.15, -0.1) is 0 Å².